The Kier molecular flexibility index (Phi) is 8.35. The maximum absolute atomic E-state index is 11.1. The lowest BCUT2D eigenvalue weighted by atomic mass is 9.85. The maximum Gasteiger partial charge on any atom is 0.330 e. The molecule has 0 aromatic heterocycles. The van der Waals surface area contributed by atoms with Crippen LogP contribution in [0, 0.1) is 11.8 Å². The Hall–Kier alpha value is -1.20. The summed E-state index contributed by atoms with van der Waals surface area (Å²) in [5, 5.41) is 20.1. The minimum absolute atomic E-state index is 0.0181. The van der Waals surface area contributed by atoms with Crippen LogP contribution in [0.3, 0.4) is 0 Å². The quantitative estimate of drug-likeness (QED) is 0.386. The van der Waals surface area contributed by atoms with Crippen molar-refractivity contribution in [1.29, 1.82) is 0 Å². The molecule has 0 heterocycles. The molecular formula is C17H28O5. The molecule has 1 saturated carbocycles. The van der Waals surface area contributed by atoms with Gasteiger partial charge in [-0.15, -0.1) is 0 Å². The molecule has 126 valence electrons. The van der Waals surface area contributed by atoms with Gasteiger partial charge in [-0.05, 0) is 50.9 Å². The van der Waals surface area contributed by atoms with E-state index in [0.29, 0.717) is 19.3 Å². The van der Waals surface area contributed by atoms with E-state index in [9.17, 15) is 19.8 Å². The van der Waals surface area contributed by atoms with Gasteiger partial charge in [-0.25, -0.2) is 4.79 Å². The fraction of sp³-hybridized carbons (Fsp3) is 0.765. The minimum atomic E-state index is -0.501. The molecule has 0 aliphatic heterocycles. The molecule has 0 amide bonds. The van der Waals surface area contributed by atoms with E-state index >= 15 is 0 Å². The van der Waals surface area contributed by atoms with Crippen LogP contribution in [-0.2, 0) is 14.3 Å². The highest BCUT2D eigenvalue weighted by atomic mass is 16.5. The molecule has 0 radical (unpaired) electrons. The van der Waals surface area contributed by atoms with Gasteiger partial charge in [0.25, 0.3) is 0 Å². The number of ether oxygens (including phenoxy) is 1. The van der Waals surface area contributed by atoms with Gasteiger partial charge in [0.2, 0.25) is 0 Å². The van der Waals surface area contributed by atoms with E-state index < -0.39 is 12.2 Å². The fourth-order valence-electron chi connectivity index (χ4n) is 3.24. The summed E-state index contributed by atoms with van der Waals surface area (Å²) in [6, 6.07) is 0. The van der Waals surface area contributed by atoms with E-state index in [1.165, 1.54) is 13.2 Å². The van der Waals surface area contributed by atoms with E-state index in [0.717, 1.165) is 25.7 Å². The number of ketones is 1. The predicted molar refractivity (Wildman–Crippen MR) is 83.1 cm³/mol. The van der Waals surface area contributed by atoms with Crippen molar-refractivity contribution in [1.82, 2.24) is 0 Å². The summed E-state index contributed by atoms with van der Waals surface area (Å²) in [6.45, 7) is 1.56. The Morgan fingerprint density at radius 1 is 1.14 bits per heavy atom. The number of hydrogen-bond donors (Lipinski definition) is 2. The molecule has 1 aliphatic carbocycles. The van der Waals surface area contributed by atoms with E-state index in [1.807, 2.05) is 0 Å². The zero-order valence-corrected chi connectivity index (χ0v) is 13.5. The third-order valence-corrected chi connectivity index (χ3v) is 4.46. The van der Waals surface area contributed by atoms with Crippen molar-refractivity contribution in [2.45, 2.75) is 64.1 Å². The lowest BCUT2D eigenvalue weighted by Gasteiger charge is -2.23. The number of Topliss-reactive ketones (excluding diaryl/α,β-unsaturated/α-hetero) is 1. The van der Waals surface area contributed by atoms with Crippen LogP contribution in [0.5, 0.6) is 0 Å². The highest BCUT2D eigenvalue weighted by Crippen LogP contribution is 2.38. The monoisotopic (exact) mass is 312 g/mol. The standard InChI is InChI=1S/C17H28O5/c1-12(18)9-10-14-13(15(19)11-16(14)20)7-5-3-4-6-8-17(21)22-2/h6,8,13-16,19-20H,3-5,7,9-11H2,1-2H3/t13-,14-,15+,16-/m1/s1. The van der Waals surface area contributed by atoms with Crippen molar-refractivity contribution in [3.8, 4) is 0 Å². The van der Waals surface area contributed by atoms with E-state index in [2.05, 4.69) is 4.74 Å². The van der Waals surface area contributed by atoms with Gasteiger partial charge in [0.1, 0.15) is 5.78 Å². The van der Waals surface area contributed by atoms with Gasteiger partial charge in [-0.3, -0.25) is 0 Å². The number of carbonyl (C=O) groups excluding carboxylic acids is 2. The Morgan fingerprint density at radius 2 is 1.77 bits per heavy atom. The van der Waals surface area contributed by atoms with Crippen molar-refractivity contribution in [3.63, 3.8) is 0 Å². The molecule has 1 rings (SSSR count). The average molecular weight is 312 g/mol. The SMILES string of the molecule is COC(=O)C=CCCCC[C@@H]1[C@@H](CCC(C)=O)[C@H](O)C[C@@H]1O. The number of rotatable bonds is 9. The number of aliphatic hydroxyl groups excluding tert-OH is 2. The average Bonchev–Trinajstić information content (AvgIpc) is 2.73. The molecule has 2 N–H and O–H groups in total. The van der Waals surface area contributed by atoms with Gasteiger partial charge in [0, 0.05) is 12.5 Å². The summed E-state index contributed by atoms with van der Waals surface area (Å²) in [6.07, 6.45) is 7.25. The summed E-state index contributed by atoms with van der Waals surface area (Å²) in [4.78, 5) is 22.0. The third kappa shape index (κ3) is 6.28. The summed E-state index contributed by atoms with van der Waals surface area (Å²) < 4.78 is 4.51. The zero-order valence-electron chi connectivity index (χ0n) is 13.5. The van der Waals surface area contributed by atoms with Gasteiger partial charge in [-0.2, -0.15) is 0 Å². The lowest BCUT2D eigenvalue weighted by molar-refractivity contribution is -0.134. The van der Waals surface area contributed by atoms with Crippen molar-refractivity contribution >= 4 is 11.8 Å². The number of carbonyl (C=O) groups is 2. The van der Waals surface area contributed by atoms with Gasteiger partial charge < -0.3 is 19.7 Å². The molecule has 0 saturated heterocycles. The van der Waals surface area contributed by atoms with Crippen LogP contribution < -0.4 is 0 Å². The summed E-state index contributed by atoms with van der Waals surface area (Å²) in [5.74, 6) is -0.137. The topological polar surface area (TPSA) is 83.8 Å². The summed E-state index contributed by atoms with van der Waals surface area (Å²) >= 11 is 0. The second-order valence-electron chi connectivity index (χ2n) is 6.15. The van der Waals surface area contributed by atoms with Crippen LogP contribution >= 0.6 is 0 Å². The molecule has 0 spiro atoms. The minimum Gasteiger partial charge on any atom is -0.466 e. The molecule has 4 atom stereocenters. The first-order valence-corrected chi connectivity index (χ1v) is 8.05. The summed E-state index contributed by atoms with van der Waals surface area (Å²) in [7, 11) is 1.35. The zero-order chi connectivity index (χ0) is 16.5. The second kappa shape index (κ2) is 9.74. The first kappa shape index (κ1) is 18.8. The molecule has 1 aliphatic rings. The highest BCUT2D eigenvalue weighted by molar-refractivity contribution is 5.81. The Labute approximate surface area is 132 Å². The smallest absolute Gasteiger partial charge is 0.330 e. The first-order valence-electron chi connectivity index (χ1n) is 8.05. The van der Waals surface area contributed by atoms with Gasteiger partial charge >= 0.3 is 5.97 Å². The normalized spacial score (nSPS) is 28.2. The third-order valence-electron chi connectivity index (χ3n) is 4.46. The molecular weight excluding hydrogens is 284 g/mol. The molecule has 22 heavy (non-hydrogen) atoms. The molecule has 1 fully saturated rings. The van der Waals surface area contributed by atoms with E-state index in [-0.39, 0.29) is 23.6 Å². The van der Waals surface area contributed by atoms with Crippen LogP contribution in [0.4, 0.5) is 0 Å². The van der Waals surface area contributed by atoms with Crippen LogP contribution in [0.25, 0.3) is 0 Å². The number of hydrogen-bond acceptors (Lipinski definition) is 5. The van der Waals surface area contributed by atoms with Crippen molar-refractivity contribution < 1.29 is 24.5 Å². The van der Waals surface area contributed by atoms with Crippen LogP contribution in [0.1, 0.15) is 51.9 Å². The first-order chi connectivity index (χ1) is 10.5. The predicted octanol–water partition coefficient (Wildman–Crippen LogP) is 2.00. The maximum atomic E-state index is 11.1. The largest absolute Gasteiger partial charge is 0.466 e. The molecule has 0 aromatic rings. The van der Waals surface area contributed by atoms with Crippen molar-refractivity contribution in [2.24, 2.45) is 11.8 Å². The number of methoxy groups -OCH3 is 1. The van der Waals surface area contributed by atoms with Crippen molar-refractivity contribution in [2.75, 3.05) is 7.11 Å². The number of aliphatic hydroxyl groups is 2. The van der Waals surface area contributed by atoms with Crippen LogP contribution in [-0.4, -0.2) is 41.3 Å². The molecule has 0 bridgehead atoms. The second-order valence-corrected chi connectivity index (χ2v) is 6.15. The highest BCUT2D eigenvalue weighted by Gasteiger charge is 2.40. The lowest BCUT2D eigenvalue weighted by Crippen LogP contribution is -2.22. The van der Waals surface area contributed by atoms with Crippen LogP contribution in [0.2, 0.25) is 0 Å². The van der Waals surface area contributed by atoms with Gasteiger partial charge in [0.15, 0.2) is 0 Å². The molecule has 0 aromatic carbocycles. The fourth-order valence-corrected chi connectivity index (χ4v) is 3.24. The molecule has 5 nitrogen and oxygen atoms in total. The van der Waals surface area contributed by atoms with Crippen LogP contribution in [0.15, 0.2) is 12.2 Å². The number of esters is 1. The van der Waals surface area contributed by atoms with Gasteiger partial charge in [-0.1, -0.05) is 12.5 Å². The van der Waals surface area contributed by atoms with E-state index in [4.69, 9.17) is 0 Å². The molecule has 0 unspecified atom stereocenters. The van der Waals surface area contributed by atoms with Crippen molar-refractivity contribution in [3.05, 3.63) is 12.2 Å². The Bertz CT molecular complexity index is 391. The van der Waals surface area contributed by atoms with Gasteiger partial charge in [0.05, 0.1) is 19.3 Å². The van der Waals surface area contributed by atoms with E-state index in [1.54, 1.807) is 13.0 Å². The Morgan fingerprint density at radius 3 is 2.36 bits per heavy atom. The summed E-state index contributed by atoms with van der Waals surface area (Å²) in [5.41, 5.74) is 0. The molecule has 5 heteroatoms. The number of unbranched alkanes of at least 4 members (excludes halogenated alkanes) is 2. The Balaban J connectivity index is 2.33. The number of allylic oxidation sites excluding steroid dienone is 1.